The van der Waals surface area contributed by atoms with Gasteiger partial charge in [0.15, 0.2) is 5.58 Å². The lowest BCUT2D eigenvalue weighted by Crippen LogP contribution is -2.10. The summed E-state index contributed by atoms with van der Waals surface area (Å²) in [5.41, 5.74) is 5.88. The van der Waals surface area contributed by atoms with Crippen LogP contribution < -0.4 is 4.90 Å². The molecule has 0 fully saturated rings. The van der Waals surface area contributed by atoms with Gasteiger partial charge in [-0.2, -0.15) is 0 Å². The van der Waals surface area contributed by atoms with Crippen LogP contribution in [-0.2, 0) is 0 Å². The first-order valence-corrected chi connectivity index (χ1v) is 12.1. The van der Waals surface area contributed by atoms with Crippen molar-refractivity contribution >= 4 is 49.7 Å². The van der Waals surface area contributed by atoms with Crippen LogP contribution in [0.2, 0.25) is 0 Å². The molecule has 0 saturated carbocycles. The van der Waals surface area contributed by atoms with Gasteiger partial charge in [-0.3, -0.25) is 0 Å². The van der Waals surface area contributed by atoms with Crippen molar-refractivity contribution in [1.82, 2.24) is 4.98 Å². The van der Waals surface area contributed by atoms with E-state index in [4.69, 9.17) is 9.40 Å². The molecule has 3 nitrogen and oxygen atoms in total. The Hall–Kier alpha value is -4.89. The van der Waals surface area contributed by atoms with Crippen molar-refractivity contribution in [2.45, 2.75) is 0 Å². The van der Waals surface area contributed by atoms with E-state index < -0.39 is 0 Å². The highest BCUT2D eigenvalue weighted by molar-refractivity contribution is 6.26. The molecule has 0 saturated heterocycles. The third-order valence-electron chi connectivity index (χ3n) is 6.66. The second-order valence-corrected chi connectivity index (χ2v) is 8.81. The number of nitrogens with zero attached hydrogens (tertiary/aromatic N) is 2. The van der Waals surface area contributed by atoms with Crippen molar-refractivity contribution in [3.05, 3.63) is 133 Å². The number of anilines is 3. The number of hydrogen-bond acceptors (Lipinski definition) is 3. The highest BCUT2D eigenvalue weighted by Gasteiger charge is 2.22. The normalized spacial score (nSPS) is 11.3. The molecular weight excluding hydrogens is 440 g/mol. The van der Waals surface area contributed by atoms with Crippen molar-refractivity contribution < 1.29 is 4.42 Å². The van der Waals surface area contributed by atoms with Crippen LogP contribution in [0, 0.1) is 0 Å². The van der Waals surface area contributed by atoms with Gasteiger partial charge >= 0.3 is 0 Å². The largest absolute Gasteiger partial charge is 0.435 e. The molecule has 0 atom stereocenters. The van der Waals surface area contributed by atoms with E-state index in [0.29, 0.717) is 5.89 Å². The SMILES string of the molecule is c1ccc(-c2nc3c(o2)c2ccccc2c2cccc(N(c4ccccc4)c4ccccc4)c23)cc1. The number of para-hydroxylation sites is 2. The third kappa shape index (κ3) is 3.25. The monoisotopic (exact) mass is 462 g/mol. The molecule has 0 spiro atoms. The van der Waals surface area contributed by atoms with Crippen LogP contribution in [0.5, 0.6) is 0 Å². The second-order valence-electron chi connectivity index (χ2n) is 8.81. The highest BCUT2D eigenvalue weighted by Crippen LogP contribution is 2.45. The summed E-state index contributed by atoms with van der Waals surface area (Å²) >= 11 is 0. The van der Waals surface area contributed by atoms with Crippen LogP contribution in [-0.4, -0.2) is 4.98 Å². The lowest BCUT2D eigenvalue weighted by atomic mass is 9.98. The van der Waals surface area contributed by atoms with Crippen LogP contribution in [0.15, 0.2) is 138 Å². The van der Waals surface area contributed by atoms with Crippen LogP contribution >= 0.6 is 0 Å². The van der Waals surface area contributed by atoms with Crippen molar-refractivity contribution in [2.24, 2.45) is 0 Å². The van der Waals surface area contributed by atoms with E-state index in [9.17, 15) is 0 Å². The first-order valence-electron chi connectivity index (χ1n) is 12.1. The van der Waals surface area contributed by atoms with Gasteiger partial charge in [-0.25, -0.2) is 4.98 Å². The number of benzene rings is 6. The molecule has 7 rings (SSSR count). The fourth-order valence-electron chi connectivity index (χ4n) is 5.07. The Bertz CT molecular complexity index is 1790. The summed E-state index contributed by atoms with van der Waals surface area (Å²) in [6.07, 6.45) is 0. The lowest BCUT2D eigenvalue weighted by Gasteiger charge is -2.27. The minimum absolute atomic E-state index is 0.629. The highest BCUT2D eigenvalue weighted by atomic mass is 16.3. The predicted molar refractivity (Wildman–Crippen MR) is 149 cm³/mol. The van der Waals surface area contributed by atoms with Gasteiger partial charge in [0.05, 0.1) is 5.69 Å². The van der Waals surface area contributed by atoms with Crippen LogP contribution in [0.4, 0.5) is 17.1 Å². The van der Waals surface area contributed by atoms with Gasteiger partial charge in [-0.05, 0) is 53.2 Å². The number of aromatic nitrogens is 1. The number of rotatable bonds is 4. The van der Waals surface area contributed by atoms with Gasteiger partial charge in [-0.1, -0.05) is 91.0 Å². The average molecular weight is 463 g/mol. The zero-order valence-corrected chi connectivity index (χ0v) is 19.5. The molecule has 7 aromatic rings. The molecule has 0 N–H and O–H groups in total. The molecule has 170 valence electrons. The Morgan fingerprint density at radius 3 is 1.72 bits per heavy atom. The van der Waals surface area contributed by atoms with E-state index in [0.717, 1.165) is 55.3 Å². The summed E-state index contributed by atoms with van der Waals surface area (Å²) in [5, 5.41) is 4.45. The Morgan fingerprint density at radius 1 is 0.500 bits per heavy atom. The molecule has 0 radical (unpaired) electrons. The Balaban J connectivity index is 1.62. The zero-order chi connectivity index (χ0) is 23.9. The average Bonchev–Trinajstić information content (AvgIpc) is 3.41. The maximum absolute atomic E-state index is 6.49. The fourth-order valence-corrected chi connectivity index (χ4v) is 5.07. The summed E-state index contributed by atoms with van der Waals surface area (Å²) in [6, 6.07) is 46.0. The minimum atomic E-state index is 0.629. The molecule has 3 heteroatoms. The maximum Gasteiger partial charge on any atom is 0.227 e. The van der Waals surface area contributed by atoms with Gasteiger partial charge in [0.1, 0.15) is 5.52 Å². The predicted octanol–water partition coefficient (Wildman–Crippen LogP) is 9.27. The van der Waals surface area contributed by atoms with Crippen LogP contribution in [0.3, 0.4) is 0 Å². The smallest absolute Gasteiger partial charge is 0.227 e. The van der Waals surface area contributed by atoms with E-state index >= 15 is 0 Å². The second kappa shape index (κ2) is 8.40. The zero-order valence-electron chi connectivity index (χ0n) is 19.5. The van der Waals surface area contributed by atoms with Crippen molar-refractivity contribution in [2.75, 3.05) is 4.90 Å². The van der Waals surface area contributed by atoms with Gasteiger partial charge in [0.25, 0.3) is 0 Å². The lowest BCUT2D eigenvalue weighted by molar-refractivity contribution is 0.623. The molecule has 0 unspecified atom stereocenters. The van der Waals surface area contributed by atoms with Gasteiger partial charge in [-0.15, -0.1) is 0 Å². The molecule has 36 heavy (non-hydrogen) atoms. The quantitative estimate of drug-likeness (QED) is 0.244. The Labute approximate surface area is 208 Å². The molecule has 6 aromatic carbocycles. The van der Waals surface area contributed by atoms with Gasteiger partial charge in [0.2, 0.25) is 5.89 Å². The van der Waals surface area contributed by atoms with E-state index in [-0.39, 0.29) is 0 Å². The number of hydrogen-bond donors (Lipinski definition) is 0. The standard InChI is InChI=1S/C33H22N2O/c1-4-13-23(14-5-1)33-34-31-30-27(26-19-10-11-20-28(26)32(31)36-33)21-12-22-29(30)35(24-15-6-2-7-16-24)25-17-8-3-9-18-25/h1-22H. The topological polar surface area (TPSA) is 29.3 Å². The molecule has 0 bridgehead atoms. The first-order chi connectivity index (χ1) is 17.9. The fraction of sp³-hybridized carbons (Fsp3) is 0. The first kappa shape index (κ1) is 20.5. The summed E-state index contributed by atoms with van der Waals surface area (Å²) in [6.45, 7) is 0. The molecule has 1 aromatic heterocycles. The third-order valence-corrected chi connectivity index (χ3v) is 6.66. The van der Waals surface area contributed by atoms with E-state index in [1.807, 2.05) is 42.5 Å². The Kier molecular flexibility index (Phi) is 4.78. The van der Waals surface area contributed by atoms with Crippen LogP contribution in [0.1, 0.15) is 0 Å². The van der Waals surface area contributed by atoms with Gasteiger partial charge in [0, 0.05) is 27.7 Å². The summed E-state index contributed by atoms with van der Waals surface area (Å²) in [5.74, 6) is 0.629. The maximum atomic E-state index is 6.49. The number of fused-ring (bicyclic) bond motifs is 6. The van der Waals surface area contributed by atoms with Gasteiger partial charge < -0.3 is 9.32 Å². The number of oxazole rings is 1. The molecule has 1 heterocycles. The van der Waals surface area contributed by atoms with E-state index in [1.165, 1.54) is 0 Å². The van der Waals surface area contributed by atoms with Crippen molar-refractivity contribution in [1.29, 1.82) is 0 Å². The summed E-state index contributed by atoms with van der Waals surface area (Å²) < 4.78 is 6.49. The molecule has 0 aliphatic rings. The summed E-state index contributed by atoms with van der Waals surface area (Å²) in [7, 11) is 0. The van der Waals surface area contributed by atoms with Crippen molar-refractivity contribution in [3.63, 3.8) is 0 Å². The molecule has 0 aliphatic heterocycles. The Morgan fingerprint density at radius 2 is 1.06 bits per heavy atom. The molecule has 0 aliphatic carbocycles. The molecular formula is C33H22N2O. The van der Waals surface area contributed by atoms with Crippen molar-refractivity contribution in [3.8, 4) is 11.5 Å². The molecule has 0 amide bonds. The van der Waals surface area contributed by atoms with E-state index in [1.54, 1.807) is 0 Å². The van der Waals surface area contributed by atoms with E-state index in [2.05, 4.69) is 95.9 Å². The summed E-state index contributed by atoms with van der Waals surface area (Å²) in [4.78, 5) is 7.40. The van der Waals surface area contributed by atoms with Crippen LogP contribution in [0.25, 0.3) is 44.1 Å². The minimum Gasteiger partial charge on any atom is -0.435 e.